The summed E-state index contributed by atoms with van der Waals surface area (Å²) >= 11 is 0. The van der Waals surface area contributed by atoms with Gasteiger partial charge in [-0.1, -0.05) is 152 Å². The quantitative estimate of drug-likeness (QED) is 0.0284. The van der Waals surface area contributed by atoms with Crippen molar-refractivity contribution in [3.8, 4) is 0 Å². The molecule has 1 N–H and O–H groups in total. The summed E-state index contributed by atoms with van der Waals surface area (Å²) in [5.41, 5.74) is 0. The second-order valence-electron chi connectivity index (χ2n) is 16.6. The predicted octanol–water partition coefficient (Wildman–Crippen LogP) is 12.8. The average molecular weight is 803 g/mol. The van der Waals surface area contributed by atoms with E-state index in [2.05, 4.69) is 62.5 Å². The normalized spacial score (nSPS) is 13.4. The molecule has 0 saturated heterocycles. The maximum absolute atomic E-state index is 12.7. The van der Waals surface area contributed by atoms with Gasteiger partial charge in [0.1, 0.15) is 6.61 Å². The SMILES string of the molecule is CC/C=C/C/C=C/C/C=C/CCCCCCCCC(=O)OCC(COCCC(C(=O)O)[N+](C)(C)C)OC(=O)CCCCCCCCC/C=C/CCCCCCCC. The predicted molar refractivity (Wildman–Crippen MR) is 238 cm³/mol. The van der Waals surface area contributed by atoms with Crippen molar-refractivity contribution in [2.24, 2.45) is 0 Å². The van der Waals surface area contributed by atoms with Crippen LogP contribution in [0.5, 0.6) is 0 Å². The Kier molecular flexibility index (Phi) is 38.2. The van der Waals surface area contributed by atoms with Crippen LogP contribution >= 0.6 is 0 Å². The molecule has 0 amide bonds. The highest BCUT2D eigenvalue weighted by molar-refractivity contribution is 5.72. The second-order valence-corrected chi connectivity index (χ2v) is 16.6. The summed E-state index contributed by atoms with van der Waals surface area (Å²) in [6, 6.07) is -0.618. The molecule has 2 unspecified atom stereocenters. The molecule has 0 bridgehead atoms. The third-order valence-corrected chi connectivity index (χ3v) is 10.2. The molecule has 0 rings (SSSR count). The highest BCUT2D eigenvalue weighted by Gasteiger charge is 2.31. The molecule has 0 aliphatic carbocycles. The first-order valence-electron chi connectivity index (χ1n) is 23.2. The van der Waals surface area contributed by atoms with Crippen LogP contribution in [0.15, 0.2) is 48.6 Å². The number of hydrogen-bond acceptors (Lipinski definition) is 6. The number of carbonyl (C=O) groups excluding carboxylic acids is 2. The van der Waals surface area contributed by atoms with Gasteiger partial charge in [-0.05, 0) is 70.6 Å². The van der Waals surface area contributed by atoms with Crippen LogP contribution in [0.3, 0.4) is 0 Å². The largest absolute Gasteiger partial charge is 0.477 e. The molecule has 0 heterocycles. The van der Waals surface area contributed by atoms with Gasteiger partial charge >= 0.3 is 17.9 Å². The van der Waals surface area contributed by atoms with Gasteiger partial charge in [0.2, 0.25) is 0 Å². The van der Waals surface area contributed by atoms with Gasteiger partial charge in [0.25, 0.3) is 0 Å². The zero-order chi connectivity index (χ0) is 42.1. The number of carbonyl (C=O) groups is 3. The molecule has 8 heteroatoms. The molecule has 0 aliphatic rings. The summed E-state index contributed by atoms with van der Waals surface area (Å²) in [4.78, 5) is 37.0. The Labute approximate surface area is 350 Å². The van der Waals surface area contributed by atoms with Crippen molar-refractivity contribution < 1.29 is 38.2 Å². The van der Waals surface area contributed by atoms with Crippen LogP contribution in [0, 0.1) is 0 Å². The van der Waals surface area contributed by atoms with E-state index in [-0.39, 0.29) is 36.2 Å². The minimum atomic E-state index is -0.878. The van der Waals surface area contributed by atoms with E-state index in [9.17, 15) is 19.5 Å². The maximum Gasteiger partial charge on any atom is 0.362 e. The Morgan fingerprint density at radius 1 is 0.544 bits per heavy atom. The molecule has 57 heavy (non-hydrogen) atoms. The van der Waals surface area contributed by atoms with Gasteiger partial charge in [-0.2, -0.15) is 0 Å². The number of quaternary nitrogens is 1. The van der Waals surface area contributed by atoms with Crippen LogP contribution in [0.2, 0.25) is 0 Å². The summed E-state index contributed by atoms with van der Waals surface area (Å²) in [5.74, 6) is -1.49. The van der Waals surface area contributed by atoms with Crippen LogP contribution in [0.4, 0.5) is 0 Å². The zero-order valence-corrected chi connectivity index (χ0v) is 37.5. The Morgan fingerprint density at radius 3 is 1.47 bits per heavy atom. The fraction of sp³-hybridized carbons (Fsp3) is 0.776. The van der Waals surface area contributed by atoms with Crippen molar-refractivity contribution in [3.05, 3.63) is 48.6 Å². The van der Waals surface area contributed by atoms with Crippen molar-refractivity contribution in [3.63, 3.8) is 0 Å². The van der Waals surface area contributed by atoms with Crippen molar-refractivity contribution in [1.29, 1.82) is 0 Å². The van der Waals surface area contributed by atoms with E-state index in [0.717, 1.165) is 70.6 Å². The van der Waals surface area contributed by atoms with E-state index in [1.54, 1.807) is 0 Å². The molecule has 0 saturated carbocycles. The summed E-state index contributed by atoms with van der Waals surface area (Å²) in [7, 11) is 5.52. The lowest BCUT2D eigenvalue weighted by molar-refractivity contribution is -0.887. The van der Waals surface area contributed by atoms with Crippen LogP contribution in [0.25, 0.3) is 0 Å². The average Bonchev–Trinajstić information content (AvgIpc) is 3.17. The fourth-order valence-electron chi connectivity index (χ4n) is 6.63. The highest BCUT2D eigenvalue weighted by Crippen LogP contribution is 2.14. The van der Waals surface area contributed by atoms with Crippen LogP contribution < -0.4 is 0 Å². The summed E-state index contributed by atoms with van der Waals surface area (Å²) in [6.45, 7) is 4.61. The minimum absolute atomic E-state index is 0.0548. The number of esters is 2. The monoisotopic (exact) mass is 803 g/mol. The lowest BCUT2D eigenvalue weighted by Crippen LogP contribution is -2.50. The van der Waals surface area contributed by atoms with Gasteiger partial charge in [-0.15, -0.1) is 0 Å². The minimum Gasteiger partial charge on any atom is -0.477 e. The Balaban J connectivity index is 4.34. The van der Waals surface area contributed by atoms with Gasteiger partial charge < -0.3 is 23.8 Å². The topological polar surface area (TPSA) is 99.1 Å². The number of hydrogen-bond donors (Lipinski definition) is 1. The molecule has 0 aromatic heterocycles. The number of ether oxygens (including phenoxy) is 3. The number of allylic oxidation sites excluding steroid dienone is 8. The molecule has 2 atom stereocenters. The van der Waals surface area contributed by atoms with Gasteiger partial charge in [-0.3, -0.25) is 9.59 Å². The van der Waals surface area contributed by atoms with Gasteiger partial charge in [0.15, 0.2) is 12.1 Å². The molecular formula is C49H88NO7+. The van der Waals surface area contributed by atoms with Crippen molar-refractivity contribution >= 4 is 17.9 Å². The van der Waals surface area contributed by atoms with E-state index in [1.165, 1.54) is 89.9 Å². The first kappa shape index (κ1) is 54.3. The molecule has 8 nitrogen and oxygen atoms in total. The standard InChI is InChI=1S/C49H87NO7/c1-6-8-10-12-14-16-18-20-22-24-26-28-30-32-34-36-38-40-48(52)57-45(43-55-42-41-46(49(53)54)50(3,4)5)44-56-47(51)39-37-35-33-31-29-27-25-23-21-19-17-15-13-11-9-7-2/h9,11,15,17,20-23,45-46H,6-8,10,12-14,16,18-19,24-44H2,1-5H3/p+1/b11-9+,17-15+,22-20+,23-21+. The molecule has 330 valence electrons. The summed E-state index contributed by atoms with van der Waals surface area (Å²) in [5, 5.41) is 9.63. The van der Waals surface area contributed by atoms with Crippen molar-refractivity contribution in [1.82, 2.24) is 0 Å². The van der Waals surface area contributed by atoms with E-state index >= 15 is 0 Å². The third-order valence-electron chi connectivity index (χ3n) is 10.2. The number of rotatable bonds is 41. The van der Waals surface area contributed by atoms with Crippen molar-refractivity contribution in [2.75, 3.05) is 41.0 Å². The number of aliphatic carboxylic acids is 1. The van der Waals surface area contributed by atoms with Crippen LogP contribution in [-0.4, -0.2) is 80.6 Å². The van der Waals surface area contributed by atoms with Crippen LogP contribution in [-0.2, 0) is 28.6 Å². The summed E-state index contributed by atoms with van der Waals surface area (Å²) < 4.78 is 17.3. The smallest absolute Gasteiger partial charge is 0.362 e. The zero-order valence-electron chi connectivity index (χ0n) is 37.5. The lowest BCUT2D eigenvalue weighted by atomic mass is 10.1. The number of carboxylic acid groups (broad SMARTS) is 1. The van der Waals surface area contributed by atoms with E-state index < -0.39 is 18.1 Å². The molecule has 0 fully saturated rings. The number of unbranched alkanes of at least 4 members (excludes halogenated alkanes) is 19. The van der Waals surface area contributed by atoms with Gasteiger partial charge in [0.05, 0.1) is 34.4 Å². The maximum atomic E-state index is 12.7. The Bertz CT molecular complexity index is 1070. The molecule has 0 radical (unpaired) electrons. The number of carboxylic acids is 1. The third kappa shape index (κ3) is 38.6. The molecule has 0 aliphatic heterocycles. The molecule has 0 aromatic rings. The van der Waals surface area contributed by atoms with Crippen LogP contribution in [0.1, 0.15) is 194 Å². The van der Waals surface area contributed by atoms with E-state index in [0.29, 0.717) is 19.3 Å². The second kappa shape index (κ2) is 40.1. The molecule has 0 spiro atoms. The molecular weight excluding hydrogens is 715 g/mol. The van der Waals surface area contributed by atoms with Gasteiger partial charge in [-0.25, -0.2) is 4.79 Å². The van der Waals surface area contributed by atoms with Crippen molar-refractivity contribution in [2.45, 2.75) is 206 Å². The highest BCUT2D eigenvalue weighted by atomic mass is 16.6. The first-order chi connectivity index (χ1) is 27.6. The Hall–Kier alpha value is -2.71. The van der Waals surface area contributed by atoms with Gasteiger partial charge in [0, 0.05) is 19.3 Å². The van der Waals surface area contributed by atoms with E-state index in [4.69, 9.17) is 14.2 Å². The fourth-order valence-corrected chi connectivity index (χ4v) is 6.63. The number of likely N-dealkylation sites (N-methyl/N-ethyl adjacent to an activating group) is 1. The Morgan fingerprint density at radius 2 is 0.982 bits per heavy atom. The first-order valence-corrected chi connectivity index (χ1v) is 23.2. The molecule has 0 aromatic carbocycles. The van der Waals surface area contributed by atoms with E-state index in [1.807, 2.05) is 21.1 Å². The summed E-state index contributed by atoms with van der Waals surface area (Å²) in [6.07, 6.45) is 47.2. The number of nitrogens with zero attached hydrogens (tertiary/aromatic N) is 1. The lowest BCUT2D eigenvalue weighted by Gasteiger charge is -2.31.